The van der Waals surface area contributed by atoms with Crippen LogP contribution >= 0.6 is 11.8 Å². The van der Waals surface area contributed by atoms with Crippen molar-refractivity contribution in [1.82, 2.24) is 9.78 Å². The summed E-state index contributed by atoms with van der Waals surface area (Å²) in [5, 5.41) is 25.3. The quantitative estimate of drug-likeness (QED) is 0.519. The van der Waals surface area contributed by atoms with Gasteiger partial charge in [-0.3, -0.25) is 10.1 Å². The second-order valence-corrected chi connectivity index (χ2v) is 7.36. The summed E-state index contributed by atoms with van der Waals surface area (Å²) in [4.78, 5) is 23.6. The third-order valence-electron chi connectivity index (χ3n) is 4.52. The number of nitrogens with zero attached hydrogens (tertiary/aromatic N) is 3. The Balaban J connectivity index is 2.07. The number of non-ortho nitro benzene ring substituents is 1. The molecule has 27 heavy (non-hydrogen) atoms. The van der Waals surface area contributed by atoms with E-state index in [1.54, 1.807) is 10.7 Å². The SMILES string of the molecule is CCC1Sc2ccc([N+](=O)[O-])cc2-c2c1c(C(=O)O)nn2-c1ccccc1. The van der Waals surface area contributed by atoms with Crippen LogP contribution in [-0.2, 0) is 0 Å². The molecular weight excluding hydrogens is 366 g/mol. The van der Waals surface area contributed by atoms with E-state index in [-0.39, 0.29) is 16.6 Å². The fourth-order valence-electron chi connectivity index (χ4n) is 3.33. The van der Waals surface area contributed by atoms with Crippen molar-refractivity contribution in [1.29, 1.82) is 0 Å². The molecule has 1 aliphatic rings. The zero-order valence-electron chi connectivity index (χ0n) is 14.3. The predicted molar refractivity (Wildman–Crippen MR) is 102 cm³/mol. The van der Waals surface area contributed by atoms with Crippen molar-refractivity contribution in [2.75, 3.05) is 0 Å². The van der Waals surface area contributed by atoms with Crippen LogP contribution in [0.3, 0.4) is 0 Å². The smallest absolute Gasteiger partial charge is 0.356 e. The number of carboxylic acids is 1. The largest absolute Gasteiger partial charge is 0.476 e. The molecule has 0 saturated heterocycles. The van der Waals surface area contributed by atoms with E-state index < -0.39 is 10.9 Å². The van der Waals surface area contributed by atoms with Crippen molar-refractivity contribution in [2.45, 2.75) is 23.5 Å². The highest BCUT2D eigenvalue weighted by Crippen LogP contribution is 2.52. The molecular formula is C19H15N3O4S. The molecule has 2 heterocycles. The maximum absolute atomic E-state index is 11.9. The average molecular weight is 381 g/mol. The second kappa shape index (κ2) is 6.55. The lowest BCUT2D eigenvalue weighted by Gasteiger charge is -2.24. The van der Waals surface area contributed by atoms with Crippen LogP contribution in [0.4, 0.5) is 5.69 Å². The molecule has 7 nitrogen and oxygen atoms in total. The minimum atomic E-state index is -1.10. The number of fused-ring (bicyclic) bond motifs is 3. The van der Waals surface area contributed by atoms with Crippen LogP contribution in [0.5, 0.6) is 0 Å². The number of aromatic carboxylic acids is 1. The Kier molecular flexibility index (Phi) is 4.19. The van der Waals surface area contributed by atoms with Crippen LogP contribution < -0.4 is 0 Å². The Morgan fingerprint density at radius 2 is 2.04 bits per heavy atom. The van der Waals surface area contributed by atoms with Crippen LogP contribution in [0.25, 0.3) is 16.9 Å². The first-order chi connectivity index (χ1) is 13.0. The van der Waals surface area contributed by atoms with Crippen LogP contribution in [0.1, 0.15) is 34.6 Å². The molecule has 3 aromatic rings. The predicted octanol–water partition coefficient (Wildman–Crippen LogP) is 4.70. The molecule has 1 unspecified atom stereocenters. The highest BCUT2D eigenvalue weighted by Gasteiger charge is 2.35. The zero-order chi connectivity index (χ0) is 19.1. The first-order valence-corrected chi connectivity index (χ1v) is 9.26. The Labute approximate surface area is 158 Å². The van der Waals surface area contributed by atoms with E-state index in [1.165, 1.54) is 23.9 Å². The van der Waals surface area contributed by atoms with Crippen molar-refractivity contribution in [3.8, 4) is 16.9 Å². The van der Waals surface area contributed by atoms with Gasteiger partial charge < -0.3 is 5.11 Å². The minimum absolute atomic E-state index is 0.00893. The number of carbonyl (C=O) groups is 1. The minimum Gasteiger partial charge on any atom is -0.476 e. The molecule has 1 aliphatic heterocycles. The summed E-state index contributed by atoms with van der Waals surface area (Å²) in [7, 11) is 0. The molecule has 0 radical (unpaired) electrons. The van der Waals surface area contributed by atoms with E-state index in [2.05, 4.69) is 5.10 Å². The number of para-hydroxylation sites is 1. The van der Waals surface area contributed by atoms with Gasteiger partial charge in [-0.15, -0.1) is 11.8 Å². The Hall–Kier alpha value is -3.13. The van der Waals surface area contributed by atoms with Crippen molar-refractivity contribution >= 4 is 23.4 Å². The Morgan fingerprint density at radius 1 is 1.30 bits per heavy atom. The summed E-state index contributed by atoms with van der Waals surface area (Å²) in [6, 6.07) is 13.9. The van der Waals surface area contributed by atoms with Crippen LogP contribution in [0.15, 0.2) is 53.4 Å². The zero-order valence-corrected chi connectivity index (χ0v) is 15.1. The van der Waals surface area contributed by atoms with E-state index in [0.717, 1.165) is 11.3 Å². The van der Waals surface area contributed by atoms with Crippen molar-refractivity contribution < 1.29 is 14.8 Å². The lowest BCUT2D eigenvalue weighted by molar-refractivity contribution is -0.384. The summed E-state index contributed by atoms with van der Waals surface area (Å²) in [5.41, 5.74) is 2.53. The molecule has 0 spiro atoms. The molecule has 0 saturated carbocycles. The molecule has 2 aromatic carbocycles. The van der Waals surface area contributed by atoms with Gasteiger partial charge in [0.05, 0.1) is 16.3 Å². The standard InChI is InChI=1S/C19H15N3O4S/c1-2-14-16-17(19(23)24)20-21(11-6-4-3-5-7-11)18(16)13-10-12(22(25)26)8-9-15(13)27-14/h3-10,14H,2H2,1H3,(H,23,24). The Bertz CT molecular complexity index is 1060. The first kappa shape index (κ1) is 17.3. The molecule has 4 rings (SSSR count). The van der Waals surface area contributed by atoms with E-state index in [1.807, 2.05) is 37.3 Å². The van der Waals surface area contributed by atoms with E-state index in [9.17, 15) is 20.0 Å². The maximum atomic E-state index is 11.9. The highest BCUT2D eigenvalue weighted by atomic mass is 32.2. The molecule has 1 N–H and O–H groups in total. The number of nitro groups is 1. The first-order valence-electron chi connectivity index (χ1n) is 8.38. The van der Waals surface area contributed by atoms with Crippen LogP contribution in [0.2, 0.25) is 0 Å². The normalized spacial score (nSPS) is 15.1. The number of aromatic nitrogens is 2. The average Bonchev–Trinajstić information content (AvgIpc) is 3.09. The van der Waals surface area contributed by atoms with Crippen molar-refractivity contribution in [3.63, 3.8) is 0 Å². The molecule has 8 heteroatoms. The molecule has 0 aliphatic carbocycles. The number of hydrogen-bond donors (Lipinski definition) is 1. The monoisotopic (exact) mass is 381 g/mol. The topological polar surface area (TPSA) is 98.3 Å². The lowest BCUT2D eigenvalue weighted by Crippen LogP contribution is -2.08. The second-order valence-electron chi connectivity index (χ2n) is 6.12. The molecule has 0 bridgehead atoms. The van der Waals surface area contributed by atoms with E-state index >= 15 is 0 Å². The van der Waals surface area contributed by atoms with Crippen molar-refractivity contribution in [2.24, 2.45) is 0 Å². The fourth-order valence-corrected chi connectivity index (χ4v) is 4.57. The number of hydrogen-bond acceptors (Lipinski definition) is 5. The number of benzene rings is 2. The third-order valence-corrected chi connectivity index (χ3v) is 5.98. The molecule has 0 amide bonds. The van der Waals surface area contributed by atoms with Gasteiger partial charge in [-0.05, 0) is 24.6 Å². The molecule has 1 atom stereocenters. The van der Waals surface area contributed by atoms with Gasteiger partial charge in [0.2, 0.25) is 0 Å². The van der Waals surface area contributed by atoms with E-state index in [0.29, 0.717) is 22.5 Å². The van der Waals surface area contributed by atoms with Crippen LogP contribution in [0, 0.1) is 10.1 Å². The van der Waals surface area contributed by atoms with Gasteiger partial charge in [0.15, 0.2) is 5.69 Å². The number of nitro benzene ring substituents is 1. The Morgan fingerprint density at radius 3 is 2.67 bits per heavy atom. The number of thioether (sulfide) groups is 1. The van der Waals surface area contributed by atoms with Gasteiger partial charge >= 0.3 is 5.97 Å². The van der Waals surface area contributed by atoms with Gasteiger partial charge in [0.25, 0.3) is 5.69 Å². The maximum Gasteiger partial charge on any atom is 0.356 e. The van der Waals surface area contributed by atoms with Gasteiger partial charge in [0, 0.05) is 33.4 Å². The summed E-state index contributed by atoms with van der Waals surface area (Å²) >= 11 is 1.52. The van der Waals surface area contributed by atoms with Gasteiger partial charge in [-0.25, -0.2) is 9.48 Å². The molecule has 1 aromatic heterocycles. The lowest BCUT2D eigenvalue weighted by atomic mass is 9.99. The van der Waals surface area contributed by atoms with E-state index in [4.69, 9.17) is 0 Å². The van der Waals surface area contributed by atoms with Gasteiger partial charge in [-0.2, -0.15) is 5.10 Å². The summed E-state index contributed by atoms with van der Waals surface area (Å²) < 4.78 is 1.59. The third kappa shape index (κ3) is 2.78. The number of carboxylic acid groups (broad SMARTS) is 1. The van der Waals surface area contributed by atoms with Gasteiger partial charge in [-0.1, -0.05) is 25.1 Å². The van der Waals surface area contributed by atoms with Crippen LogP contribution in [-0.4, -0.2) is 25.8 Å². The van der Waals surface area contributed by atoms with Crippen molar-refractivity contribution in [3.05, 3.63) is 69.9 Å². The van der Waals surface area contributed by atoms with Gasteiger partial charge in [0.1, 0.15) is 0 Å². The highest BCUT2D eigenvalue weighted by molar-refractivity contribution is 7.99. The fraction of sp³-hybridized carbons (Fsp3) is 0.158. The summed E-state index contributed by atoms with van der Waals surface area (Å²) in [6.07, 6.45) is 0.717. The summed E-state index contributed by atoms with van der Waals surface area (Å²) in [5.74, 6) is -1.10. The number of rotatable bonds is 4. The molecule has 136 valence electrons. The molecule has 0 fully saturated rings. The summed E-state index contributed by atoms with van der Waals surface area (Å²) in [6.45, 7) is 1.99.